The largest absolute Gasteiger partial charge is 0.382 e. The first kappa shape index (κ1) is 14.8. The van der Waals surface area contributed by atoms with Crippen molar-refractivity contribution in [3.63, 3.8) is 0 Å². The average molecular weight is 301 g/mol. The third-order valence-electron chi connectivity index (χ3n) is 3.98. The van der Waals surface area contributed by atoms with Crippen molar-refractivity contribution < 1.29 is 9.90 Å². The number of aliphatic hydroxyl groups is 1. The number of halogens is 2. The molecule has 1 aromatic rings. The van der Waals surface area contributed by atoms with Crippen LogP contribution in [0, 0.1) is 5.92 Å². The number of benzene rings is 1. The summed E-state index contributed by atoms with van der Waals surface area (Å²) in [6.07, 6.45) is 3.03. The Labute approximate surface area is 123 Å². The van der Waals surface area contributed by atoms with Crippen LogP contribution < -0.4 is 0 Å². The van der Waals surface area contributed by atoms with Gasteiger partial charge in [0.15, 0.2) is 5.78 Å². The summed E-state index contributed by atoms with van der Waals surface area (Å²) in [5, 5.41) is 11.5. The Morgan fingerprint density at radius 2 is 2.00 bits per heavy atom. The van der Waals surface area contributed by atoms with Crippen LogP contribution in [-0.2, 0) is 11.2 Å². The van der Waals surface area contributed by atoms with Crippen molar-refractivity contribution in [2.75, 3.05) is 0 Å². The monoisotopic (exact) mass is 300 g/mol. The van der Waals surface area contributed by atoms with Crippen LogP contribution in [0.15, 0.2) is 18.2 Å². The maximum Gasteiger partial charge on any atom is 0.168 e. The fourth-order valence-electron chi connectivity index (χ4n) is 2.53. The molecule has 104 valence electrons. The van der Waals surface area contributed by atoms with Gasteiger partial charge >= 0.3 is 0 Å². The van der Waals surface area contributed by atoms with E-state index in [2.05, 4.69) is 6.92 Å². The Bertz CT molecular complexity index is 477. The van der Waals surface area contributed by atoms with Crippen LogP contribution in [-0.4, -0.2) is 16.5 Å². The predicted molar refractivity (Wildman–Crippen MR) is 77.8 cm³/mol. The van der Waals surface area contributed by atoms with Gasteiger partial charge in [-0.25, -0.2) is 0 Å². The molecule has 0 atom stereocenters. The highest BCUT2D eigenvalue weighted by Gasteiger charge is 2.38. The molecule has 1 N–H and O–H groups in total. The molecule has 0 aromatic heterocycles. The molecule has 19 heavy (non-hydrogen) atoms. The van der Waals surface area contributed by atoms with Crippen molar-refractivity contribution in [3.8, 4) is 0 Å². The minimum Gasteiger partial charge on any atom is -0.382 e. The van der Waals surface area contributed by atoms with Gasteiger partial charge in [-0.15, -0.1) is 0 Å². The highest BCUT2D eigenvalue weighted by atomic mass is 35.5. The Morgan fingerprint density at radius 1 is 1.37 bits per heavy atom. The topological polar surface area (TPSA) is 37.3 Å². The molecular formula is C15H18Cl2O2. The van der Waals surface area contributed by atoms with Gasteiger partial charge in [-0.1, -0.05) is 30.1 Å². The first-order chi connectivity index (χ1) is 8.90. The molecule has 0 amide bonds. The summed E-state index contributed by atoms with van der Waals surface area (Å²) in [6.45, 7) is 2.15. The molecule has 0 spiro atoms. The number of carbonyl (C=O) groups is 1. The van der Waals surface area contributed by atoms with Gasteiger partial charge in [-0.2, -0.15) is 0 Å². The molecule has 1 aliphatic rings. The molecule has 1 aromatic carbocycles. The lowest BCUT2D eigenvalue weighted by Gasteiger charge is -2.33. The molecule has 0 unspecified atom stereocenters. The molecule has 1 saturated carbocycles. The zero-order valence-corrected chi connectivity index (χ0v) is 12.5. The first-order valence-corrected chi connectivity index (χ1v) is 7.36. The van der Waals surface area contributed by atoms with Crippen LogP contribution >= 0.6 is 23.2 Å². The normalized spacial score (nSPS) is 27.3. The van der Waals surface area contributed by atoms with Crippen LogP contribution in [0.5, 0.6) is 0 Å². The van der Waals surface area contributed by atoms with Crippen LogP contribution in [0.1, 0.15) is 38.2 Å². The summed E-state index contributed by atoms with van der Waals surface area (Å²) in [6, 6.07) is 5.06. The molecule has 0 aliphatic heterocycles. The van der Waals surface area contributed by atoms with Gasteiger partial charge in [0.1, 0.15) is 5.60 Å². The maximum atomic E-state index is 12.3. The van der Waals surface area contributed by atoms with Gasteiger partial charge in [0.05, 0.1) is 0 Å². The van der Waals surface area contributed by atoms with E-state index in [4.69, 9.17) is 23.2 Å². The molecule has 2 nitrogen and oxygen atoms in total. The second-order valence-electron chi connectivity index (χ2n) is 5.55. The van der Waals surface area contributed by atoms with Crippen molar-refractivity contribution in [2.24, 2.45) is 5.92 Å². The number of Topliss-reactive ketones (excluding diaryl/α,β-unsaturated/α-hetero) is 1. The number of hydrogen-bond donors (Lipinski definition) is 1. The highest BCUT2D eigenvalue weighted by Crippen LogP contribution is 2.34. The Balaban J connectivity index is 2.10. The average Bonchev–Trinajstić information content (AvgIpc) is 2.37. The molecule has 0 bridgehead atoms. The smallest absolute Gasteiger partial charge is 0.168 e. The van der Waals surface area contributed by atoms with E-state index < -0.39 is 5.60 Å². The minimum absolute atomic E-state index is 0.143. The Kier molecular flexibility index (Phi) is 4.54. The fraction of sp³-hybridized carbons (Fsp3) is 0.533. The van der Waals surface area contributed by atoms with E-state index in [-0.39, 0.29) is 12.2 Å². The van der Waals surface area contributed by atoms with Crippen molar-refractivity contribution >= 4 is 29.0 Å². The molecule has 4 heteroatoms. The van der Waals surface area contributed by atoms with E-state index in [1.54, 1.807) is 18.2 Å². The molecule has 1 aliphatic carbocycles. The van der Waals surface area contributed by atoms with Crippen molar-refractivity contribution in [2.45, 2.75) is 44.6 Å². The zero-order chi connectivity index (χ0) is 14.0. The van der Waals surface area contributed by atoms with Gasteiger partial charge in [-0.05, 0) is 55.4 Å². The summed E-state index contributed by atoms with van der Waals surface area (Å²) >= 11 is 12.0. The van der Waals surface area contributed by atoms with E-state index in [1.807, 2.05) is 0 Å². The van der Waals surface area contributed by atoms with Gasteiger partial charge < -0.3 is 5.11 Å². The lowest BCUT2D eigenvalue weighted by molar-refractivity contribution is -0.140. The number of hydrogen-bond acceptors (Lipinski definition) is 2. The summed E-state index contributed by atoms with van der Waals surface area (Å²) < 4.78 is 0. The zero-order valence-electron chi connectivity index (χ0n) is 11.0. The molecular weight excluding hydrogens is 283 g/mol. The second kappa shape index (κ2) is 5.82. The molecule has 0 radical (unpaired) electrons. The van der Waals surface area contributed by atoms with Gasteiger partial charge in [0.25, 0.3) is 0 Å². The van der Waals surface area contributed by atoms with Crippen LogP contribution in [0.4, 0.5) is 0 Å². The summed E-state index contributed by atoms with van der Waals surface area (Å²) in [5.74, 6) is 0.436. The fourth-order valence-corrected chi connectivity index (χ4v) is 2.91. The minimum atomic E-state index is -1.18. The van der Waals surface area contributed by atoms with E-state index >= 15 is 0 Å². The van der Waals surface area contributed by atoms with Gasteiger partial charge in [0.2, 0.25) is 0 Å². The van der Waals surface area contributed by atoms with Crippen molar-refractivity contribution in [3.05, 3.63) is 33.8 Å². The second-order valence-corrected chi connectivity index (χ2v) is 6.39. The molecule has 0 heterocycles. The third-order valence-corrected chi connectivity index (χ3v) is 4.58. The van der Waals surface area contributed by atoms with Crippen LogP contribution in [0.3, 0.4) is 0 Å². The van der Waals surface area contributed by atoms with Crippen molar-refractivity contribution in [1.29, 1.82) is 0 Å². The summed E-state index contributed by atoms with van der Waals surface area (Å²) in [7, 11) is 0. The van der Waals surface area contributed by atoms with Crippen LogP contribution in [0.2, 0.25) is 10.0 Å². The molecule has 0 saturated heterocycles. The number of carbonyl (C=O) groups excluding carboxylic acids is 1. The van der Waals surface area contributed by atoms with Gasteiger partial charge in [0, 0.05) is 16.5 Å². The number of rotatable bonds is 3. The van der Waals surface area contributed by atoms with Gasteiger partial charge in [-0.3, -0.25) is 4.79 Å². The predicted octanol–water partition coefficient (Wildman–Crippen LogP) is 4.05. The van der Waals surface area contributed by atoms with Crippen molar-refractivity contribution in [1.82, 2.24) is 0 Å². The number of ketones is 1. The maximum absolute atomic E-state index is 12.3. The van der Waals surface area contributed by atoms with E-state index in [0.29, 0.717) is 34.4 Å². The first-order valence-electron chi connectivity index (χ1n) is 6.60. The molecule has 2 rings (SSSR count). The summed E-state index contributed by atoms with van der Waals surface area (Å²) in [5.41, 5.74) is -0.496. The van der Waals surface area contributed by atoms with E-state index in [0.717, 1.165) is 12.8 Å². The SMILES string of the molecule is CC1CCC(O)(C(=O)Cc2cc(Cl)ccc2Cl)CC1. The summed E-state index contributed by atoms with van der Waals surface area (Å²) in [4.78, 5) is 12.3. The van der Waals surface area contributed by atoms with E-state index in [1.165, 1.54) is 0 Å². The molecule has 1 fully saturated rings. The quantitative estimate of drug-likeness (QED) is 0.914. The standard InChI is InChI=1S/C15H18Cl2O2/c1-10-4-6-15(19,7-5-10)14(18)9-11-8-12(16)2-3-13(11)17/h2-3,8,10,19H,4-7,9H2,1H3. The Morgan fingerprint density at radius 3 is 2.63 bits per heavy atom. The third kappa shape index (κ3) is 3.50. The lowest BCUT2D eigenvalue weighted by Crippen LogP contribution is -2.42. The Hall–Kier alpha value is -0.570. The lowest BCUT2D eigenvalue weighted by atomic mass is 9.76. The highest BCUT2D eigenvalue weighted by molar-refractivity contribution is 6.33. The van der Waals surface area contributed by atoms with Crippen LogP contribution in [0.25, 0.3) is 0 Å². The van der Waals surface area contributed by atoms with E-state index in [9.17, 15) is 9.90 Å².